The first-order chi connectivity index (χ1) is 9.51. The maximum Gasteiger partial charge on any atom is 0.217 e. The van der Waals surface area contributed by atoms with Crippen LogP contribution in [0.5, 0.6) is 0 Å². The Bertz CT molecular complexity index is 299. The number of aliphatic hydroxyl groups is 3. The summed E-state index contributed by atoms with van der Waals surface area (Å²) in [5.74, 6) is -0.733. The summed E-state index contributed by atoms with van der Waals surface area (Å²) in [4.78, 5) is 11.2. The van der Waals surface area contributed by atoms with E-state index in [0.29, 0.717) is 19.6 Å². The number of carbonyl (C=O) groups excluding carboxylic acids is 1. The Kier molecular flexibility index (Phi) is 7.43. The van der Waals surface area contributed by atoms with Crippen molar-refractivity contribution in [2.75, 3.05) is 19.8 Å². The fraction of sp³-hybridized carbons (Fsp3) is 0.929. The normalized spacial score (nSPS) is 34.0. The van der Waals surface area contributed by atoms with Gasteiger partial charge in [0.25, 0.3) is 0 Å². The smallest absolute Gasteiger partial charge is 0.217 e. The third-order valence-electron chi connectivity index (χ3n) is 3.89. The van der Waals surface area contributed by atoms with Crippen molar-refractivity contribution in [3.8, 4) is 0 Å². The van der Waals surface area contributed by atoms with E-state index in [-0.39, 0.29) is 24.3 Å². The second kappa shape index (κ2) is 8.56. The maximum absolute atomic E-state index is 11.2. The van der Waals surface area contributed by atoms with Crippen LogP contribution >= 0.6 is 0 Å². The highest BCUT2D eigenvalue weighted by Crippen LogP contribution is 2.30. The summed E-state index contributed by atoms with van der Waals surface area (Å²) in [5, 5.41) is 32.0. The first-order valence-electron chi connectivity index (χ1n) is 7.33. The molecule has 1 aliphatic carbocycles. The number of amides is 1. The standard InChI is InChI=1S/C14H27NO5/c1-3-4-5-20-8-11-6-10(7-16)13(18)14(19)12(11)15-9(2)17/h10-14,16,18-19H,3-8H2,1-2H3,(H,15,17)/t10-,11-,12+,13-,14-/m1/s1. The van der Waals surface area contributed by atoms with Gasteiger partial charge in [-0.05, 0) is 12.8 Å². The van der Waals surface area contributed by atoms with Crippen LogP contribution in [0.3, 0.4) is 0 Å². The zero-order chi connectivity index (χ0) is 15.1. The van der Waals surface area contributed by atoms with Crippen molar-refractivity contribution in [1.82, 2.24) is 5.32 Å². The Morgan fingerprint density at radius 3 is 2.55 bits per heavy atom. The maximum atomic E-state index is 11.2. The van der Waals surface area contributed by atoms with Crippen LogP contribution in [0.4, 0.5) is 0 Å². The van der Waals surface area contributed by atoms with Crippen LogP contribution in [-0.4, -0.2) is 59.3 Å². The third-order valence-corrected chi connectivity index (χ3v) is 3.89. The van der Waals surface area contributed by atoms with E-state index in [4.69, 9.17) is 4.74 Å². The second-order valence-electron chi connectivity index (χ2n) is 5.57. The number of carbonyl (C=O) groups is 1. The molecule has 0 aromatic carbocycles. The SMILES string of the molecule is CCCCOC[C@H]1C[C@H](CO)[C@@H](O)[C@H](O)[C@H]1NC(C)=O. The molecule has 0 bridgehead atoms. The average Bonchev–Trinajstić information content (AvgIpc) is 2.41. The molecule has 0 radical (unpaired) electrons. The minimum Gasteiger partial charge on any atom is -0.396 e. The summed E-state index contributed by atoms with van der Waals surface area (Å²) in [6.45, 7) is 4.32. The van der Waals surface area contributed by atoms with E-state index >= 15 is 0 Å². The van der Waals surface area contributed by atoms with Crippen molar-refractivity contribution in [1.29, 1.82) is 0 Å². The summed E-state index contributed by atoms with van der Waals surface area (Å²) < 4.78 is 5.58. The Morgan fingerprint density at radius 1 is 1.30 bits per heavy atom. The predicted octanol–water partition coefficient (Wildman–Crippen LogP) is -0.342. The summed E-state index contributed by atoms with van der Waals surface area (Å²) in [7, 11) is 0. The zero-order valence-corrected chi connectivity index (χ0v) is 12.3. The van der Waals surface area contributed by atoms with Gasteiger partial charge in [0, 0.05) is 32.0 Å². The fourth-order valence-electron chi connectivity index (χ4n) is 2.72. The monoisotopic (exact) mass is 289 g/mol. The molecule has 1 aliphatic rings. The first kappa shape index (κ1) is 17.4. The molecule has 0 aromatic heterocycles. The Hall–Kier alpha value is -0.690. The Morgan fingerprint density at radius 2 is 2.00 bits per heavy atom. The van der Waals surface area contributed by atoms with E-state index in [0.717, 1.165) is 12.8 Å². The highest BCUT2D eigenvalue weighted by molar-refractivity contribution is 5.73. The molecule has 0 saturated heterocycles. The number of hydrogen-bond donors (Lipinski definition) is 4. The number of rotatable bonds is 7. The molecule has 6 heteroatoms. The number of aliphatic hydroxyl groups excluding tert-OH is 3. The minimum absolute atomic E-state index is 0.105. The molecule has 0 aliphatic heterocycles. The number of hydrogen-bond acceptors (Lipinski definition) is 5. The van der Waals surface area contributed by atoms with E-state index in [1.165, 1.54) is 6.92 Å². The van der Waals surface area contributed by atoms with Crippen molar-refractivity contribution in [3.63, 3.8) is 0 Å². The molecule has 0 heterocycles. The number of ether oxygens (including phenoxy) is 1. The fourth-order valence-corrected chi connectivity index (χ4v) is 2.72. The molecule has 1 amide bonds. The van der Waals surface area contributed by atoms with E-state index in [1.807, 2.05) is 0 Å². The van der Waals surface area contributed by atoms with Crippen LogP contribution in [-0.2, 0) is 9.53 Å². The summed E-state index contributed by atoms with van der Waals surface area (Å²) in [5.41, 5.74) is 0. The highest BCUT2D eigenvalue weighted by Gasteiger charge is 2.43. The van der Waals surface area contributed by atoms with Gasteiger partial charge in [0.1, 0.15) is 6.10 Å². The predicted molar refractivity (Wildman–Crippen MR) is 74.0 cm³/mol. The summed E-state index contributed by atoms with van der Waals surface area (Å²) in [6.07, 6.45) is 0.423. The van der Waals surface area contributed by atoms with Gasteiger partial charge in [0.2, 0.25) is 5.91 Å². The van der Waals surface area contributed by atoms with Crippen LogP contribution in [0.2, 0.25) is 0 Å². The molecule has 1 fully saturated rings. The molecule has 1 saturated carbocycles. The van der Waals surface area contributed by atoms with Crippen LogP contribution in [0.1, 0.15) is 33.1 Å². The van der Waals surface area contributed by atoms with Gasteiger partial charge in [0.15, 0.2) is 0 Å². The van der Waals surface area contributed by atoms with Crippen LogP contribution in [0.15, 0.2) is 0 Å². The second-order valence-corrected chi connectivity index (χ2v) is 5.57. The summed E-state index contributed by atoms with van der Waals surface area (Å²) >= 11 is 0. The van der Waals surface area contributed by atoms with Gasteiger partial charge in [-0.2, -0.15) is 0 Å². The molecular weight excluding hydrogens is 262 g/mol. The third kappa shape index (κ3) is 4.70. The number of nitrogens with one attached hydrogen (secondary N) is 1. The topological polar surface area (TPSA) is 99.0 Å². The van der Waals surface area contributed by atoms with Crippen molar-refractivity contribution in [3.05, 3.63) is 0 Å². The van der Waals surface area contributed by atoms with Crippen molar-refractivity contribution < 1.29 is 24.9 Å². The molecule has 0 unspecified atom stereocenters. The van der Waals surface area contributed by atoms with Crippen molar-refractivity contribution >= 4 is 5.91 Å². The lowest BCUT2D eigenvalue weighted by Crippen LogP contribution is -2.59. The first-order valence-corrected chi connectivity index (χ1v) is 7.33. The minimum atomic E-state index is -1.08. The summed E-state index contributed by atoms with van der Waals surface area (Å²) in [6, 6.07) is -0.535. The molecule has 4 N–H and O–H groups in total. The molecule has 118 valence electrons. The van der Waals surface area contributed by atoms with E-state index in [2.05, 4.69) is 12.2 Å². The van der Waals surface area contributed by atoms with Gasteiger partial charge < -0.3 is 25.4 Å². The number of unbranched alkanes of at least 4 members (excludes halogenated alkanes) is 1. The van der Waals surface area contributed by atoms with E-state index < -0.39 is 18.2 Å². The van der Waals surface area contributed by atoms with Crippen LogP contribution < -0.4 is 5.32 Å². The highest BCUT2D eigenvalue weighted by atomic mass is 16.5. The molecule has 6 nitrogen and oxygen atoms in total. The van der Waals surface area contributed by atoms with Crippen LogP contribution in [0.25, 0.3) is 0 Å². The van der Waals surface area contributed by atoms with E-state index in [1.54, 1.807) is 0 Å². The molecule has 0 aromatic rings. The molecule has 0 spiro atoms. The van der Waals surface area contributed by atoms with Crippen LogP contribution in [0, 0.1) is 11.8 Å². The van der Waals surface area contributed by atoms with E-state index in [9.17, 15) is 20.1 Å². The molecular formula is C14H27NO5. The molecule has 20 heavy (non-hydrogen) atoms. The van der Waals surface area contributed by atoms with Crippen molar-refractivity contribution in [2.45, 2.75) is 51.4 Å². The van der Waals surface area contributed by atoms with Gasteiger partial charge >= 0.3 is 0 Å². The Labute approximate surface area is 120 Å². The largest absolute Gasteiger partial charge is 0.396 e. The van der Waals surface area contributed by atoms with Crippen molar-refractivity contribution in [2.24, 2.45) is 11.8 Å². The lowest BCUT2D eigenvalue weighted by Gasteiger charge is -2.42. The lowest BCUT2D eigenvalue weighted by molar-refractivity contribution is -0.130. The van der Waals surface area contributed by atoms with Gasteiger partial charge in [-0.15, -0.1) is 0 Å². The Balaban J connectivity index is 2.65. The van der Waals surface area contributed by atoms with Gasteiger partial charge in [0.05, 0.1) is 18.8 Å². The van der Waals surface area contributed by atoms with Gasteiger partial charge in [-0.25, -0.2) is 0 Å². The van der Waals surface area contributed by atoms with Gasteiger partial charge in [-0.3, -0.25) is 4.79 Å². The molecule has 5 atom stereocenters. The average molecular weight is 289 g/mol. The molecule has 1 rings (SSSR count). The van der Waals surface area contributed by atoms with Gasteiger partial charge in [-0.1, -0.05) is 13.3 Å². The zero-order valence-electron chi connectivity index (χ0n) is 12.3. The lowest BCUT2D eigenvalue weighted by atomic mass is 9.75. The quantitative estimate of drug-likeness (QED) is 0.481.